The summed E-state index contributed by atoms with van der Waals surface area (Å²) in [6.45, 7) is 6.26. The van der Waals surface area contributed by atoms with Gasteiger partial charge in [-0.3, -0.25) is 4.79 Å². The van der Waals surface area contributed by atoms with Crippen molar-refractivity contribution in [2.45, 2.75) is 27.2 Å². The van der Waals surface area contributed by atoms with Crippen molar-refractivity contribution in [1.82, 2.24) is 0 Å². The molecule has 0 bridgehead atoms. The Bertz CT molecular complexity index is 1030. The number of benzene rings is 2. The lowest BCUT2D eigenvalue weighted by atomic mass is 9.96. The molecule has 1 amide bonds. The van der Waals surface area contributed by atoms with Gasteiger partial charge in [0.05, 0.1) is 14.2 Å². The topological polar surface area (TPSA) is 60.7 Å². The number of methoxy groups -OCH3 is 2. The van der Waals surface area contributed by atoms with E-state index in [0.29, 0.717) is 23.6 Å². The lowest BCUT2D eigenvalue weighted by molar-refractivity contribution is 0.0994. The second-order valence-corrected chi connectivity index (χ2v) is 7.66. The second kappa shape index (κ2) is 8.74. The van der Waals surface area contributed by atoms with Crippen molar-refractivity contribution >= 4 is 27.5 Å². The first-order valence-corrected chi connectivity index (χ1v) is 10.0. The van der Waals surface area contributed by atoms with Crippen LogP contribution in [0.25, 0.3) is 0 Å². The lowest BCUT2D eigenvalue weighted by Crippen LogP contribution is -2.12. The molecule has 0 saturated carbocycles. The summed E-state index contributed by atoms with van der Waals surface area (Å²) in [5, 5.41) is 2.82. The van der Waals surface area contributed by atoms with E-state index in [0.717, 1.165) is 10.2 Å². The van der Waals surface area contributed by atoms with Crippen LogP contribution in [0.3, 0.4) is 0 Å². The van der Waals surface area contributed by atoms with Crippen molar-refractivity contribution in [3.8, 4) is 11.5 Å². The maximum absolute atomic E-state index is 12.7. The van der Waals surface area contributed by atoms with Gasteiger partial charge in [-0.25, -0.2) is 0 Å². The molecular formula is C23H24BrNO4. The summed E-state index contributed by atoms with van der Waals surface area (Å²) in [5.41, 5.74) is 5.24. The molecule has 3 rings (SSSR count). The Morgan fingerprint density at radius 3 is 2.31 bits per heavy atom. The molecule has 0 unspecified atom stereocenters. The third-order valence-corrected chi connectivity index (χ3v) is 6.16. The quantitative estimate of drug-likeness (QED) is 0.505. The number of rotatable bonds is 6. The average molecular weight is 458 g/mol. The van der Waals surface area contributed by atoms with Crippen LogP contribution >= 0.6 is 15.9 Å². The van der Waals surface area contributed by atoms with Gasteiger partial charge in [-0.15, -0.1) is 0 Å². The van der Waals surface area contributed by atoms with Crippen molar-refractivity contribution < 1.29 is 18.7 Å². The van der Waals surface area contributed by atoms with E-state index in [9.17, 15) is 4.79 Å². The Hall–Kier alpha value is -2.73. The highest BCUT2D eigenvalue weighted by molar-refractivity contribution is 9.10. The monoisotopic (exact) mass is 457 g/mol. The molecule has 1 aromatic heterocycles. The van der Waals surface area contributed by atoms with Crippen molar-refractivity contribution in [3.63, 3.8) is 0 Å². The molecule has 0 aliphatic heterocycles. The van der Waals surface area contributed by atoms with Gasteiger partial charge in [0, 0.05) is 10.9 Å². The van der Waals surface area contributed by atoms with Crippen LogP contribution in [0.2, 0.25) is 0 Å². The number of amides is 1. The first kappa shape index (κ1) is 21.0. The van der Waals surface area contributed by atoms with E-state index in [1.165, 1.54) is 22.3 Å². The van der Waals surface area contributed by atoms with Gasteiger partial charge in [-0.2, -0.15) is 0 Å². The molecule has 0 aliphatic carbocycles. The normalized spacial score (nSPS) is 10.7. The summed E-state index contributed by atoms with van der Waals surface area (Å²) in [5.74, 6) is 1.62. The zero-order chi connectivity index (χ0) is 21.1. The zero-order valence-electron chi connectivity index (χ0n) is 17.2. The number of hydrogen-bond acceptors (Lipinski definition) is 4. The number of ether oxygens (including phenoxy) is 2. The first-order valence-electron chi connectivity index (χ1n) is 9.22. The number of carbonyl (C=O) groups is 1. The number of nitrogens with one attached hydrogen (secondary N) is 1. The zero-order valence-corrected chi connectivity index (χ0v) is 18.8. The van der Waals surface area contributed by atoms with Crippen LogP contribution < -0.4 is 14.8 Å². The van der Waals surface area contributed by atoms with E-state index in [-0.39, 0.29) is 11.7 Å². The third kappa shape index (κ3) is 4.32. The van der Waals surface area contributed by atoms with Crippen molar-refractivity contribution in [1.29, 1.82) is 0 Å². The second-order valence-electron chi connectivity index (χ2n) is 6.86. The van der Waals surface area contributed by atoms with Crippen LogP contribution in [0.4, 0.5) is 5.69 Å². The molecule has 0 atom stereocenters. The molecule has 5 nitrogen and oxygen atoms in total. The van der Waals surface area contributed by atoms with Crippen LogP contribution in [0, 0.1) is 20.8 Å². The molecule has 0 radical (unpaired) electrons. The fraction of sp³-hybridized carbons (Fsp3) is 0.261. The van der Waals surface area contributed by atoms with Crippen LogP contribution in [0.15, 0.2) is 45.3 Å². The average Bonchev–Trinajstić information content (AvgIpc) is 3.18. The minimum absolute atomic E-state index is 0.231. The highest BCUT2D eigenvalue weighted by atomic mass is 79.9. The van der Waals surface area contributed by atoms with E-state index in [4.69, 9.17) is 13.9 Å². The molecule has 2 aromatic carbocycles. The molecule has 152 valence electrons. The maximum atomic E-state index is 12.7. The number of hydrogen-bond donors (Lipinski definition) is 1. The van der Waals surface area contributed by atoms with Gasteiger partial charge in [0.25, 0.3) is 5.91 Å². The van der Waals surface area contributed by atoms with Gasteiger partial charge in [0.15, 0.2) is 5.76 Å². The van der Waals surface area contributed by atoms with Gasteiger partial charge in [0.2, 0.25) is 0 Å². The molecule has 6 heteroatoms. The predicted molar refractivity (Wildman–Crippen MR) is 117 cm³/mol. The number of para-hydroxylation sites is 1. The summed E-state index contributed by atoms with van der Waals surface area (Å²) in [7, 11) is 3.08. The minimum atomic E-state index is -0.363. The Kier molecular flexibility index (Phi) is 6.33. The largest absolute Gasteiger partial charge is 0.494 e. The molecular weight excluding hydrogens is 434 g/mol. The highest BCUT2D eigenvalue weighted by Crippen LogP contribution is 2.34. The van der Waals surface area contributed by atoms with E-state index in [1.54, 1.807) is 38.5 Å². The van der Waals surface area contributed by atoms with E-state index in [2.05, 4.69) is 48.1 Å². The molecule has 1 N–H and O–H groups in total. The molecule has 3 aromatic rings. The maximum Gasteiger partial charge on any atom is 0.291 e. The number of anilines is 1. The molecule has 0 saturated heterocycles. The minimum Gasteiger partial charge on any atom is -0.494 e. The Balaban J connectivity index is 1.83. The van der Waals surface area contributed by atoms with Crippen molar-refractivity contribution in [2.24, 2.45) is 0 Å². The van der Waals surface area contributed by atoms with Gasteiger partial charge in [0.1, 0.15) is 22.9 Å². The summed E-state index contributed by atoms with van der Waals surface area (Å²) >= 11 is 3.65. The van der Waals surface area contributed by atoms with E-state index in [1.807, 2.05) is 6.07 Å². The smallest absolute Gasteiger partial charge is 0.291 e. The first-order chi connectivity index (χ1) is 13.8. The van der Waals surface area contributed by atoms with Gasteiger partial charge >= 0.3 is 0 Å². The van der Waals surface area contributed by atoms with Crippen LogP contribution in [0.5, 0.6) is 11.5 Å². The number of furan rings is 1. The third-order valence-electron chi connectivity index (χ3n) is 4.94. The Morgan fingerprint density at radius 2 is 1.69 bits per heavy atom. The lowest BCUT2D eigenvalue weighted by Gasteiger charge is -2.13. The van der Waals surface area contributed by atoms with Gasteiger partial charge < -0.3 is 19.2 Å². The molecule has 0 spiro atoms. The van der Waals surface area contributed by atoms with Crippen molar-refractivity contribution in [3.05, 3.63) is 74.6 Å². The fourth-order valence-corrected chi connectivity index (χ4v) is 3.74. The van der Waals surface area contributed by atoms with E-state index < -0.39 is 0 Å². The van der Waals surface area contributed by atoms with E-state index >= 15 is 0 Å². The van der Waals surface area contributed by atoms with Crippen LogP contribution in [-0.4, -0.2) is 20.1 Å². The fourth-order valence-electron chi connectivity index (χ4n) is 3.39. The summed E-state index contributed by atoms with van der Waals surface area (Å²) < 4.78 is 17.6. The molecule has 29 heavy (non-hydrogen) atoms. The summed E-state index contributed by atoms with van der Waals surface area (Å²) in [4.78, 5) is 12.7. The summed E-state index contributed by atoms with van der Waals surface area (Å²) in [6, 6.07) is 11.0. The number of carbonyl (C=O) groups excluding carboxylic acids is 1. The van der Waals surface area contributed by atoms with Crippen molar-refractivity contribution in [2.75, 3.05) is 19.5 Å². The van der Waals surface area contributed by atoms with Crippen LogP contribution in [0.1, 0.15) is 38.6 Å². The molecule has 0 fully saturated rings. The predicted octanol–water partition coefficient (Wildman–Crippen LogP) is 5.83. The number of aryl methyl sites for hydroxylation is 2. The Morgan fingerprint density at radius 1 is 1.03 bits per heavy atom. The van der Waals surface area contributed by atoms with Gasteiger partial charge in [-0.05, 0) is 67.3 Å². The Labute approximate surface area is 179 Å². The highest BCUT2D eigenvalue weighted by Gasteiger charge is 2.18. The van der Waals surface area contributed by atoms with Gasteiger partial charge in [-0.1, -0.05) is 28.1 Å². The SMILES string of the molecule is COc1cccc(OC)c1NC(=O)c1ccc(Cc2c(C)cc(C)c(Br)c2C)o1. The molecule has 0 aliphatic rings. The standard InChI is InChI=1S/C23H24BrNO4/c1-13-11-14(2)21(24)15(3)17(13)12-16-9-10-20(29-16)23(26)25-22-18(27-4)7-6-8-19(22)28-5/h6-11H,12H2,1-5H3,(H,25,26). The molecule has 1 heterocycles. The number of halogens is 1. The van der Waals surface area contributed by atoms with Crippen LogP contribution in [-0.2, 0) is 6.42 Å². The summed E-state index contributed by atoms with van der Waals surface area (Å²) in [6.07, 6.45) is 0.613.